The molecule has 0 bridgehead atoms. The van der Waals surface area contributed by atoms with Crippen LogP contribution in [0.5, 0.6) is 0 Å². The Hall–Kier alpha value is -1.83. The molecule has 2 heteroatoms. The van der Waals surface area contributed by atoms with Gasteiger partial charge in [0.25, 0.3) is 0 Å². The van der Waals surface area contributed by atoms with Gasteiger partial charge in [-0.3, -0.25) is 0 Å². The van der Waals surface area contributed by atoms with E-state index in [0.29, 0.717) is 0 Å². The van der Waals surface area contributed by atoms with Gasteiger partial charge in [-0.15, -0.1) is 0 Å². The first-order valence-corrected chi connectivity index (χ1v) is 9.64. The molecule has 2 unspecified atom stereocenters. The zero-order chi connectivity index (χ0) is 18.4. The Labute approximate surface area is 152 Å². The number of carbonyl (C=O) groups excluding carboxylic acids is 1. The molecule has 0 aromatic heterocycles. The van der Waals surface area contributed by atoms with Gasteiger partial charge in [-0.05, 0) is 49.3 Å². The highest BCUT2D eigenvalue weighted by molar-refractivity contribution is 6.10. The predicted molar refractivity (Wildman–Crippen MR) is 103 cm³/mol. The van der Waals surface area contributed by atoms with Gasteiger partial charge < -0.3 is 4.74 Å². The average molecular weight is 338 g/mol. The molecule has 0 fully saturated rings. The highest BCUT2D eigenvalue weighted by atomic mass is 16.5. The van der Waals surface area contributed by atoms with Crippen LogP contribution >= 0.6 is 0 Å². The topological polar surface area (TPSA) is 26.3 Å². The van der Waals surface area contributed by atoms with Crippen molar-refractivity contribution in [2.24, 2.45) is 10.8 Å². The Balaban J connectivity index is 2.36. The summed E-state index contributed by atoms with van der Waals surface area (Å²) in [6, 6.07) is 8.45. The van der Waals surface area contributed by atoms with Gasteiger partial charge >= 0.3 is 5.97 Å². The fourth-order valence-electron chi connectivity index (χ4n) is 6.07. The Kier molecular flexibility index (Phi) is 4.43. The largest absolute Gasteiger partial charge is 0.466 e. The highest BCUT2D eigenvalue weighted by Gasteiger charge is 2.73. The molecule has 1 aromatic carbocycles. The molecule has 0 N–H and O–H groups in total. The van der Waals surface area contributed by atoms with Gasteiger partial charge in [0.15, 0.2) is 0 Å². The normalized spacial score (nSPS) is 27.6. The third-order valence-corrected chi connectivity index (χ3v) is 6.80. The van der Waals surface area contributed by atoms with Crippen molar-refractivity contribution < 1.29 is 9.53 Å². The molecule has 0 amide bonds. The van der Waals surface area contributed by atoms with Crippen LogP contribution in [0.15, 0.2) is 41.0 Å². The Morgan fingerprint density at radius 3 is 2.00 bits per heavy atom. The molecule has 3 rings (SSSR count). The Morgan fingerprint density at radius 2 is 1.52 bits per heavy atom. The van der Waals surface area contributed by atoms with Crippen molar-refractivity contribution in [1.82, 2.24) is 0 Å². The molecule has 0 spiro atoms. The fourth-order valence-corrected chi connectivity index (χ4v) is 6.07. The van der Waals surface area contributed by atoms with Gasteiger partial charge in [-0.25, -0.2) is 4.79 Å². The summed E-state index contributed by atoms with van der Waals surface area (Å²) in [5, 5.41) is 0. The summed E-state index contributed by atoms with van der Waals surface area (Å²) < 4.78 is 5.26. The van der Waals surface area contributed by atoms with E-state index in [1.165, 1.54) is 29.4 Å². The molecular formula is C23H30O2. The second kappa shape index (κ2) is 6.16. The van der Waals surface area contributed by atoms with E-state index in [0.717, 1.165) is 31.3 Å². The summed E-state index contributed by atoms with van der Waals surface area (Å²) in [4.78, 5) is 12.9. The maximum Gasteiger partial charge on any atom is 0.335 e. The molecule has 0 saturated carbocycles. The van der Waals surface area contributed by atoms with Crippen LogP contribution < -0.4 is 0 Å². The number of hydrogen-bond donors (Lipinski definition) is 0. The van der Waals surface area contributed by atoms with Gasteiger partial charge in [0, 0.05) is 10.8 Å². The van der Waals surface area contributed by atoms with E-state index in [4.69, 9.17) is 4.74 Å². The number of benzene rings is 1. The van der Waals surface area contributed by atoms with E-state index in [2.05, 4.69) is 58.9 Å². The summed E-state index contributed by atoms with van der Waals surface area (Å²) in [5.74, 6) is -0.148. The van der Waals surface area contributed by atoms with E-state index in [9.17, 15) is 4.79 Å². The summed E-state index contributed by atoms with van der Waals surface area (Å²) in [6.07, 6.45) is 4.08. The minimum Gasteiger partial charge on any atom is -0.466 e. The van der Waals surface area contributed by atoms with Crippen molar-refractivity contribution in [3.8, 4) is 0 Å². The molecule has 25 heavy (non-hydrogen) atoms. The summed E-state index contributed by atoms with van der Waals surface area (Å²) in [7, 11) is 1.51. The van der Waals surface area contributed by atoms with Gasteiger partial charge in [-0.1, -0.05) is 63.1 Å². The molecule has 0 aliphatic heterocycles. The van der Waals surface area contributed by atoms with Crippen molar-refractivity contribution in [3.05, 3.63) is 52.1 Å². The average Bonchev–Trinajstić information content (AvgIpc) is 2.62. The lowest BCUT2D eigenvalue weighted by atomic mass is 9.31. The standard InChI is InChI=1S/C23H30O2/c1-7-17-18(8-2)23(10-4)20(21(24)25-6)19(22(17,23)9-3)16-14-12-11-13-15(16)5/h11-14H,7-10H2,1-6H3. The lowest BCUT2D eigenvalue weighted by molar-refractivity contribution is -0.139. The van der Waals surface area contributed by atoms with Crippen LogP contribution in [0.1, 0.15) is 64.5 Å². The summed E-state index contributed by atoms with van der Waals surface area (Å²) in [5.41, 5.74) is 7.54. The maximum atomic E-state index is 12.9. The van der Waals surface area contributed by atoms with Crippen molar-refractivity contribution in [2.45, 2.75) is 60.3 Å². The van der Waals surface area contributed by atoms with Crippen LogP contribution in [0, 0.1) is 17.8 Å². The molecular weight excluding hydrogens is 308 g/mol. The number of ether oxygens (including phenoxy) is 1. The maximum absolute atomic E-state index is 12.9. The third kappa shape index (κ3) is 1.83. The number of esters is 1. The van der Waals surface area contributed by atoms with Crippen LogP contribution in [0.3, 0.4) is 0 Å². The minimum absolute atomic E-state index is 0.0114. The second-order valence-corrected chi connectivity index (χ2v) is 7.24. The molecule has 0 heterocycles. The first-order valence-electron chi connectivity index (χ1n) is 9.64. The number of hydrogen-bond acceptors (Lipinski definition) is 2. The Bertz CT molecular complexity index is 783. The summed E-state index contributed by atoms with van der Waals surface area (Å²) in [6.45, 7) is 11.1. The first kappa shape index (κ1) is 18.0. The van der Waals surface area contributed by atoms with Crippen molar-refractivity contribution in [1.29, 1.82) is 0 Å². The second-order valence-electron chi connectivity index (χ2n) is 7.24. The van der Waals surface area contributed by atoms with Crippen LogP contribution in [0.4, 0.5) is 0 Å². The first-order chi connectivity index (χ1) is 12.0. The van der Waals surface area contributed by atoms with Gasteiger partial charge in [-0.2, -0.15) is 0 Å². The number of fused-ring (bicyclic) bond motifs is 1. The third-order valence-electron chi connectivity index (χ3n) is 6.80. The van der Waals surface area contributed by atoms with Gasteiger partial charge in [0.2, 0.25) is 0 Å². The lowest BCUT2D eigenvalue weighted by Crippen LogP contribution is -2.63. The predicted octanol–water partition coefficient (Wildman–Crippen LogP) is 5.86. The van der Waals surface area contributed by atoms with Crippen molar-refractivity contribution >= 4 is 11.5 Å². The van der Waals surface area contributed by atoms with E-state index in [-0.39, 0.29) is 16.8 Å². The molecule has 0 radical (unpaired) electrons. The van der Waals surface area contributed by atoms with E-state index in [1.807, 2.05) is 0 Å². The zero-order valence-electron chi connectivity index (χ0n) is 16.5. The lowest BCUT2D eigenvalue weighted by Gasteiger charge is -2.71. The van der Waals surface area contributed by atoms with E-state index >= 15 is 0 Å². The van der Waals surface area contributed by atoms with Crippen molar-refractivity contribution in [2.75, 3.05) is 7.11 Å². The minimum atomic E-state index is -0.148. The zero-order valence-corrected chi connectivity index (χ0v) is 16.5. The number of methoxy groups -OCH3 is 1. The van der Waals surface area contributed by atoms with Crippen molar-refractivity contribution in [3.63, 3.8) is 0 Å². The van der Waals surface area contributed by atoms with Crippen LogP contribution in [-0.2, 0) is 9.53 Å². The molecule has 2 atom stereocenters. The van der Waals surface area contributed by atoms with Gasteiger partial charge in [0.1, 0.15) is 0 Å². The molecule has 2 aliphatic rings. The highest BCUT2D eigenvalue weighted by Crippen LogP contribution is 2.81. The molecule has 1 aromatic rings. The smallest absolute Gasteiger partial charge is 0.335 e. The number of carbonyl (C=O) groups is 1. The summed E-state index contributed by atoms with van der Waals surface area (Å²) >= 11 is 0. The quantitative estimate of drug-likeness (QED) is 0.480. The molecule has 134 valence electrons. The number of aryl methyl sites for hydroxylation is 1. The monoisotopic (exact) mass is 338 g/mol. The fraction of sp³-hybridized carbons (Fsp3) is 0.522. The molecule has 2 nitrogen and oxygen atoms in total. The molecule has 0 saturated heterocycles. The van der Waals surface area contributed by atoms with E-state index < -0.39 is 0 Å². The van der Waals surface area contributed by atoms with Crippen LogP contribution in [0.2, 0.25) is 0 Å². The number of allylic oxidation sites excluding steroid dienone is 3. The number of rotatable bonds is 6. The molecule has 2 aliphatic carbocycles. The Morgan fingerprint density at radius 1 is 0.960 bits per heavy atom. The van der Waals surface area contributed by atoms with Crippen LogP contribution in [0.25, 0.3) is 5.57 Å². The SMILES string of the molecule is CCC1=C(CC)C2(CC)C(c3ccccc3C)=C(C(=O)OC)C12CC. The van der Waals surface area contributed by atoms with Crippen LogP contribution in [-0.4, -0.2) is 13.1 Å². The van der Waals surface area contributed by atoms with E-state index in [1.54, 1.807) is 5.57 Å². The van der Waals surface area contributed by atoms with Gasteiger partial charge in [0.05, 0.1) is 12.7 Å².